The number of nitrogens with one attached hydrogen (secondary N) is 1. The Morgan fingerprint density at radius 2 is 2.09 bits per heavy atom. The third-order valence-corrected chi connectivity index (χ3v) is 5.96. The highest BCUT2D eigenvalue weighted by molar-refractivity contribution is 5.99. The maximum atomic E-state index is 12.7. The minimum atomic E-state index is -0.0268. The molecular formula is C20H23NO2. The number of Topliss-reactive ketones (excluding diaryl/α,β-unsaturated/α-hetero) is 1. The van der Waals surface area contributed by atoms with E-state index in [9.17, 15) is 9.59 Å². The molecule has 0 radical (unpaired) electrons. The molecule has 0 spiro atoms. The van der Waals surface area contributed by atoms with E-state index in [0.717, 1.165) is 33.9 Å². The minimum absolute atomic E-state index is 0.0268. The second-order valence-electron chi connectivity index (χ2n) is 7.34. The molecule has 3 nitrogen and oxygen atoms in total. The summed E-state index contributed by atoms with van der Waals surface area (Å²) < 4.78 is 0. The van der Waals surface area contributed by atoms with Crippen LogP contribution in [0.4, 0.5) is 0 Å². The normalized spacial score (nSPS) is 26.0. The first-order chi connectivity index (χ1) is 11.1. The lowest BCUT2D eigenvalue weighted by Crippen LogP contribution is -2.15. The van der Waals surface area contributed by atoms with Crippen molar-refractivity contribution in [1.29, 1.82) is 0 Å². The fraction of sp³-hybridized carbons (Fsp3) is 0.500. The fourth-order valence-electron chi connectivity index (χ4n) is 4.67. The van der Waals surface area contributed by atoms with Gasteiger partial charge in [-0.3, -0.25) is 9.59 Å². The summed E-state index contributed by atoms with van der Waals surface area (Å²) in [5.74, 6) is 2.52. The number of fused-ring (bicyclic) bond motifs is 3. The summed E-state index contributed by atoms with van der Waals surface area (Å²) in [6.07, 6.45) is 6.68. The lowest BCUT2D eigenvalue weighted by atomic mass is 9.84. The van der Waals surface area contributed by atoms with Crippen LogP contribution in [0, 0.1) is 17.8 Å². The number of ketones is 1. The van der Waals surface area contributed by atoms with Crippen LogP contribution in [0.2, 0.25) is 0 Å². The van der Waals surface area contributed by atoms with E-state index in [4.69, 9.17) is 0 Å². The number of aromatic amines is 1. The summed E-state index contributed by atoms with van der Waals surface area (Å²) in [6.45, 7) is 1.97. The Labute approximate surface area is 136 Å². The molecule has 2 fully saturated rings. The summed E-state index contributed by atoms with van der Waals surface area (Å²) in [5, 5.41) is 0.959. The Hall–Kier alpha value is -1.90. The molecule has 3 unspecified atom stereocenters. The van der Waals surface area contributed by atoms with Crippen molar-refractivity contribution < 1.29 is 4.79 Å². The number of carbonyl (C=O) groups is 1. The molecule has 2 aliphatic carbocycles. The molecule has 2 aromatic rings. The van der Waals surface area contributed by atoms with Crippen LogP contribution in [0.3, 0.4) is 0 Å². The number of hydrogen-bond acceptors (Lipinski definition) is 2. The quantitative estimate of drug-likeness (QED) is 0.864. The topological polar surface area (TPSA) is 49.9 Å². The number of hydrogen-bond donors (Lipinski definition) is 1. The van der Waals surface area contributed by atoms with E-state index in [0.29, 0.717) is 18.8 Å². The van der Waals surface area contributed by atoms with Crippen LogP contribution in [0.1, 0.15) is 54.9 Å². The number of rotatable bonds is 4. The van der Waals surface area contributed by atoms with Crippen LogP contribution in [-0.4, -0.2) is 10.8 Å². The molecule has 3 heteroatoms. The minimum Gasteiger partial charge on any atom is -0.322 e. The van der Waals surface area contributed by atoms with Gasteiger partial charge in [0, 0.05) is 23.1 Å². The van der Waals surface area contributed by atoms with Crippen LogP contribution < -0.4 is 5.56 Å². The van der Waals surface area contributed by atoms with Crippen molar-refractivity contribution in [3.63, 3.8) is 0 Å². The summed E-state index contributed by atoms with van der Waals surface area (Å²) >= 11 is 0. The molecule has 2 aliphatic rings. The average Bonchev–Trinajstić information content (AvgIpc) is 3.16. The van der Waals surface area contributed by atoms with Crippen molar-refractivity contribution in [2.75, 3.05) is 0 Å². The number of benzene rings is 1. The first-order valence-electron chi connectivity index (χ1n) is 8.83. The van der Waals surface area contributed by atoms with Gasteiger partial charge in [0.2, 0.25) is 0 Å². The van der Waals surface area contributed by atoms with Crippen LogP contribution in [0.15, 0.2) is 29.1 Å². The van der Waals surface area contributed by atoms with Crippen LogP contribution in [0.25, 0.3) is 10.9 Å². The SMILES string of the molecule is CCc1cc2cc(C(=O)CC3CC4CCC3C4)ccc2[nH]c1=O. The van der Waals surface area contributed by atoms with E-state index < -0.39 is 0 Å². The number of pyridine rings is 1. The van der Waals surface area contributed by atoms with Crippen LogP contribution in [0.5, 0.6) is 0 Å². The molecule has 1 aromatic carbocycles. The van der Waals surface area contributed by atoms with Gasteiger partial charge in [0.1, 0.15) is 0 Å². The molecule has 2 bridgehead atoms. The van der Waals surface area contributed by atoms with Gasteiger partial charge in [-0.2, -0.15) is 0 Å². The second-order valence-corrected chi connectivity index (χ2v) is 7.34. The second kappa shape index (κ2) is 5.63. The molecule has 23 heavy (non-hydrogen) atoms. The zero-order valence-corrected chi connectivity index (χ0v) is 13.6. The molecule has 0 saturated heterocycles. The molecule has 3 atom stereocenters. The molecule has 0 aliphatic heterocycles. The number of carbonyl (C=O) groups excluding carboxylic acids is 1. The molecule has 1 N–H and O–H groups in total. The maximum Gasteiger partial charge on any atom is 0.251 e. The van der Waals surface area contributed by atoms with Crippen LogP contribution in [-0.2, 0) is 6.42 Å². The largest absolute Gasteiger partial charge is 0.322 e. The number of aryl methyl sites for hydroxylation is 1. The third kappa shape index (κ3) is 2.62. The highest BCUT2D eigenvalue weighted by Crippen LogP contribution is 2.49. The molecule has 120 valence electrons. The zero-order valence-electron chi connectivity index (χ0n) is 13.6. The van der Waals surface area contributed by atoms with E-state index in [-0.39, 0.29) is 11.3 Å². The van der Waals surface area contributed by atoms with E-state index in [1.54, 1.807) is 0 Å². The van der Waals surface area contributed by atoms with E-state index in [1.165, 1.54) is 25.7 Å². The Kier molecular flexibility index (Phi) is 3.59. The van der Waals surface area contributed by atoms with E-state index in [1.807, 2.05) is 31.2 Å². The Morgan fingerprint density at radius 1 is 1.22 bits per heavy atom. The molecule has 1 aromatic heterocycles. The summed E-state index contributed by atoms with van der Waals surface area (Å²) in [5.41, 5.74) is 2.34. The zero-order chi connectivity index (χ0) is 16.0. The summed E-state index contributed by atoms with van der Waals surface area (Å²) in [6, 6.07) is 7.59. The highest BCUT2D eigenvalue weighted by Gasteiger charge is 2.40. The van der Waals surface area contributed by atoms with E-state index >= 15 is 0 Å². The predicted octanol–water partition coefficient (Wildman–Crippen LogP) is 4.10. The molecule has 2 saturated carbocycles. The monoisotopic (exact) mass is 309 g/mol. The maximum absolute atomic E-state index is 12.7. The van der Waals surface area contributed by atoms with Gasteiger partial charge in [-0.05, 0) is 73.1 Å². The van der Waals surface area contributed by atoms with Gasteiger partial charge in [-0.1, -0.05) is 13.3 Å². The number of aromatic nitrogens is 1. The Balaban J connectivity index is 1.59. The lowest BCUT2D eigenvalue weighted by molar-refractivity contribution is 0.0944. The Morgan fingerprint density at radius 3 is 2.78 bits per heavy atom. The molecule has 1 heterocycles. The van der Waals surface area contributed by atoms with Crippen molar-refractivity contribution in [3.05, 3.63) is 45.7 Å². The van der Waals surface area contributed by atoms with Crippen molar-refractivity contribution in [1.82, 2.24) is 4.98 Å². The van der Waals surface area contributed by atoms with Gasteiger partial charge >= 0.3 is 0 Å². The third-order valence-electron chi connectivity index (χ3n) is 5.96. The van der Waals surface area contributed by atoms with Crippen molar-refractivity contribution in [2.45, 2.75) is 45.4 Å². The van der Waals surface area contributed by atoms with Gasteiger partial charge in [-0.25, -0.2) is 0 Å². The van der Waals surface area contributed by atoms with Gasteiger partial charge in [0.05, 0.1) is 0 Å². The highest BCUT2D eigenvalue weighted by atomic mass is 16.1. The standard InChI is InChI=1S/C20H23NO2/c1-2-13-9-17-10-15(5-6-18(17)21-20(13)23)19(22)11-16-8-12-3-4-14(16)7-12/h5-6,9-10,12,14,16H,2-4,7-8,11H2,1H3,(H,21,23). The van der Waals surface area contributed by atoms with Gasteiger partial charge in [-0.15, -0.1) is 0 Å². The van der Waals surface area contributed by atoms with Crippen LogP contribution >= 0.6 is 0 Å². The predicted molar refractivity (Wildman–Crippen MR) is 91.8 cm³/mol. The van der Waals surface area contributed by atoms with Crippen molar-refractivity contribution in [3.8, 4) is 0 Å². The molecular weight excluding hydrogens is 286 g/mol. The molecule has 0 amide bonds. The van der Waals surface area contributed by atoms with E-state index in [2.05, 4.69) is 4.98 Å². The number of H-pyrrole nitrogens is 1. The average molecular weight is 309 g/mol. The fourth-order valence-corrected chi connectivity index (χ4v) is 4.67. The van der Waals surface area contributed by atoms with Crippen molar-refractivity contribution in [2.24, 2.45) is 17.8 Å². The first kappa shape index (κ1) is 14.7. The lowest BCUT2D eigenvalue weighted by Gasteiger charge is -2.20. The van der Waals surface area contributed by atoms with Crippen molar-refractivity contribution >= 4 is 16.7 Å². The van der Waals surface area contributed by atoms with Gasteiger partial charge in [0.25, 0.3) is 5.56 Å². The first-order valence-corrected chi connectivity index (χ1v) is 8.83. The smallest absolute Gasteiger partial charge is 0.251 e. The Bertz CT molecular complexity index is 820. The van der Waals surface area contributed by atoms with Gasteiger partial charge < -0.3 is 4.98 Å². The summed E-state index contributed by atoms with van der Waals surface area (Å²) in [7, 11) is 0. The molecule has 4 rings (SSSR count). The summed E-state index contributed by atoms with van der Waals surface area (Å²) in [4.78, 5) is 27.4. The van der Waals surface area contributed by atoms with Gasteiger partial charge in [0.15, 0.2) is 5.78 Å².